The fraction of sp³-hybridized carbons (Fsp3) is 0.857. The van der Waals surface area contributed by atoms with E-state index in [-0.39, 0.29) is 25.4 Å². The molecule has 6 heteroatoms. The highest BCUT2D eigenvalue weighted by Gasteiger charge is 2.03. The van der Waals surface area contributed by atoms with Gasteiger partial charge < -0.3 is 19.3 Å². The first-order chi connectivity index (χ1) is 9.66. The average Bonchev–Trinajstić information content (AvgIpc) is 2.41. The summed E-state index contributed by atoms with van der Waals surface area (Å²) in [5, 5.41) is 8.43. The minimum atomic E-state index is -0.840. The van der Waals surface area contributed by atoms with Crippen LogP contribution in [0.25, 0.3) is 0 Å². The van der Waals surface area contributed by atoms with Gasteiger partial charge >= 0.3 is 11.9 Å². The lowest BCUT2D eigenvalue weighted by Gasteiger charge is -2.06. The number of carboxylic acid groups (broad SMARTS) is 1. The molecular weight excluding hydrogens is 264 g/mol. The molecule has 0 spiro atoms. The maximum absolute atomic E-state index is 11.2. The lowest BCUT2D eigenvalue weighted by Crippen LogP contribution is -2.13. The van der Waals surface area contributed by atoms with Crippen molar-refractivity contribution in [3.05, 3.63) is 0 Å². The molecule has 0 aliphatic carbocycles. The molecule has 0 bridgehead atoms. The molecule has 0 aliphatic rings. The van der Waals surface area contributed by atoms with Crippen LogP contribution in [0.4, 0.5) is 0 Å². The minimum Gasteiger partial charge on any atom is -0.481 e. The van der Waals surface area contributed by atoms with Gasteiger partial charge in [0.2, 0.25) is 0 Å². The van der Waals surface area contributed by atoms with E-state index in [1.54, 1.807) is 0 Å². The van der Waals surface area contributed by atoms with Crippen molar-refractivity contribution in [3.8, 4) is 0 Å². The molecule has 0 atom stereocenters. The number of carbonyl (C=O) groups is 2. The Kier molecular flexibility index (Phi) is 13.5. The molecule has 0 rings (SSSR count). The fourth-order valence-electron chi connectivity index (χ4n) is 1.40. The molecule has 0 fully saturated rings. The van der Waals surface area contributed by atoms with Gasteiger partial charge in [0.05, 0.1) is 19.8 Å². The number of hydrogen-bond donors (Lipinski definition) is 1. The summed E-state index contributed by atoms with van der Waals surface area (Å²) in [4.78, 5) is 21.5. The van der Waals surface area contributed by atoms with Crippen LogP contribution in [0.1, 0.15) is 45.4 Å². The van der Waals surface area contributed by atoms with Crippen LogP contribution in [-0.4, -0.2) is 50.1 Å². The Bertz CT molecular complexity index is 254. The molecule has 118 valence electrons. The molecule has 0 unspecified atom stereocenters. The number of unbranched alkanes of at least 4 members (excludes halogenated alkanes) is 2. The number of rotatable bonds is 14. The predicted octanol–water partition coefficient (Wildman–Crippen LogP) is 2.01. The van der Waals surface area contributed by atoms with Crippen LogP contribution >= 0.6 is 0 Å². The standard InChI is InChI=1S/C14H26O6/c1-2-3-8-18-9-10-19-11-12-20-14(17)7-5-4-6-13(15)16/h2-12H2,1H3,(H,15,16). The number of ether oxygens (including phenoxy) is 3. The van der Waals surface area contributed by atoms with Crippen molar-refractivity contribution >= 4 is 11.9 Å². The average molecular weight is 290 g/mol. The molecule has 0 amide bonds. The predicted molar refractivity (Wildman–Crippen MR) is 73.6 cm³/mol. The van der Waals surface area contributed by atoms with Crippen molar-refractivity contribution in [2.24, 2.45) is 0 Å². The second-order valence-corrected chi connectivity index (χ2v) is 4.40. The van der Waals surface area contributed by atoms with E-state index in [0.29, 0.717) is 32.7 Å². The van der Waals surface area contributed by atoms with Crippen molar-refractivity contribution in [2.45, 2.75) is 45.4 Å². The molecule has 0 aromatic carbocycles. The Balaban J connectivity index is 3.17. The number of carbonyl (C=O) groups excluding carboxylic acids is 1. The van der Waals surface area contributed by atoms with Crippen LogP contribution in [-0.2, 0) is 23.8 Å². The quantitative estimate of drug-likeness (QED) is 0.389. The van der Waals surface area contributed by atoms with Crippen LogP contribution in [0.15, 0.2) is 0 Å². The van der Waals surface area contributed by atoms with E-state index < -0.39 is 5.97 Å². The molecule has 20 heavy (non-hydrogen) atoms. The van der Waals surface area contributed by atoms with Gasteiger partial charge in [-0.2, -0.15) is 0 Å². The fourth-order valence-corrected chi connectivity index (χ4v) is 1.40. The third kappa shape index (κ3) is 14.9. The smallest absolute Gasteiger partial charge is 0.305 e. The van der Waals surface area contributed by atoms with Crippen molar-refractivity contribution < 1.29 is 28.9 Å². The van der Waals surface area contributed by atoms with Crippen molar-refractivity contribution in [3.63, 3.8) is 0 Å². The maximum Gasteiger partial charge on any atom is 0.305 e. The van der Waals surface area contributed by atoms with Gasteiger partial charge in [-0.1, -0.05) is 13.3 Å². The van der Waals surface area contributed by atoms with Crippen LogP contribution in [0.2, 0.25) is 0 Å². The zero-order valence-electron chi connectivity index (χ0n) is 12.3. The number of aliphatic carboxylic acids is 1. The van der Waals surface area contributed by atoms with Crippen LogP contribution in [0.5, 0.6) is 0 Å². The maximum atomic E-state index is 11.2. The first-order valence-electron chi connectivity index (χ1n) is 7.19. The molecule has 0 aromatic heterocycles. The third-order valence-electron chi connectivity index (χ3n) is 2.53. The molecule has 0 radical (unpaired) electrons. The van der Waals surface area contributed by atoms with Gasteiger partial charge in [-0.15, -0.1) is 0 Å². The largest absolute Gasteiger partial charge is 0.481 e. The summed E-state index contributed by atoms with van der Waals surface area (Å²) >= 11 is 0. The van der Waals surface area contributed by atoms with E-state index in [0.717, 1.165) is 19.4 Å². The molecule has 0 aliphatic heterocycles. The van der Waals surface area contributed by atoms with Crippen molar-refractivity contribution in [2.75, 3.05) is 33.0 Å². The van der Waals surface area contributed by atoms with Crippen LogP contribution < -0.4 is 0 Å². The minimum absolute atomic E-state index is 0.0917. The summed E-state index contributed by atoms with van der Waals surface area (Å²) in [6, 6.07) is 0. The number of carboxylic acids is 1. The van der Waals surface area contributed by atoms with Gasteiger partial charge in [0.15, 0.2) is 0 Å². The van der Waals surface area contributed by atoms with Crippen molar-refractivity contribution in [1.29, 1.82) is 0 Å². The molecule has 1 N–H and O–H groups in total. The number of esters is 1. The lowest BCUT2D eigenvalue weighted by molar-refractivity contribution is -0.146. The summed E-state index contributed by atoms with van der Waals surface area (Å²) < 4.78 is 15.5. The van der Waals surface area contributed by atoms with Gasteiger partial charge in [-0.3, -0.25) is 9.59 Å². The van der Waals surface area contributed by atoms with Gasteiger partial charge in [0, 0.05) is 19.4 Å². The number of hydrogen-bond acceptors (Lipinski definition) is 5. The zero-order valence-corrected chi connectivity index (χ0v) is 12.3. The van der Waals surface area contributed by atoms with E-state index in [9.17, 15) is 9.59 Å². The SMILES string of the molecule is CCCCOCCOCCOC(=O)CCCCC(=O)O. The molecular formula is C14H26O6. The van der Waals surface area contributed by atoms with Gasteiger partial charge in [-0.25, -0.2) is 0 Å². The Labute approximate surface area is 120 Å². The molecule has 0 heterocycles. The third-order valence-corrected chi connectivity index (χ3v) is 2.53. The highest BCUT2D eigenvalue weighted by molar-refractivity contribution is 5.69. The van der Waals surface area contributed by atoms with E-state index in [4.69, 9.17) is 19.3 Å². The molecule has 0 aromatic rings. The highest BCUT2D eigenvalue weighted by atomic mass is 16.6. The summed E-state index contributed by atoms with van der Waals surface area (Å²) in [5.41, 5.74) is 0. The first-order valence-corrected chi connectivity index (χ1v) is 7.19. The lowest BCUT2D eigenvalue weighted by atomic mass is 10.2. The Hall–Kier alpha value is -1.14. The van der Waals surface area contributed by atoms with E-state index in [1.807, 2.05) is 0 Å². The summed E-state index contributed by atoms with van der Waals surface area (Å²) in [5.74, 6) is -1.15. The Morgan fingerprint density at radius 1 is 0.850 bits per heavy atom. The van der Waals surface area contributed by atoms with Crippen LogP contribution in [0, 0.1) is 0 Å². The summed E-state index contributed by atoms with van der Waals surface area (Å²) in [7, 11) is 0. The summed E-state index contributed by atoms with van der Waals surface area (Å²) in [6.45, 7) is 4.51. The van der Waals surface area contributed by atoms with E-state index >= 15 is 0 Å². The van der Waals surface area contributed by atoms with Gasteiger partial charge in [0.25, 0.3) is 0 Å². The monoisotopic (exact) mass is 290 g/mol. The second-order valence-electron chi connectivity index (χ2n) is 4.40. The van der Waals surface area contributed by atoms with Crippen molar-refractivity contribution in [1.82, 2.24) is 0 Å². The normalized spacial score (nSPS) is 10.4. The molecule has 0 saturated heterocycles. The summed E-state index contributed by atoms with van der Waals surface area (Å²) in [6.07, 6.45) is 3.55. The van der Waals surface area contributed by atoms with Crippen LogP contribution in [0.3, 0.4) is 0 Å². The van der Waals surface area contributed by atoms with E-state index in [1.165, 1.54) is 0 Å². The zero-order chi connectivity index (χ0) is 15.1. The van der Waals surface area contributed by atoms with Gasteiger partial charge in [0.1, 0.15) is 6.61 Å². The first kappa shape index (κ1) is 18.9. The van der Waals surface area contributed by atoms with E-state index in [2.05, 4.69) is 6.92 Å². The molecule has 0 saturated carbocycles. The molecule has 6 nitrogen and oxygen atoms in total. The second kappa shape index (κ2) is 14.3. The Morgan fingerprint density at radius 2 is 1.45 bits per heavy atom. The Morgan fingerprint density at radius 3 is 2.10 bits per heavy atom. The highest BCUT2D eigenvalue weighted by Crippen LogP contribution is 2.01. The van der Waals surface area contributed by atoms with Gasteiger partial charge in [-0.05, 0) is 19.3 Å². The topological polar surface area (TPSA) is 82.1 Å².